The highest BCUT2D eigenvalue weighted by Gasteiger charge is 2.09. The van der Waals surface area contributed by atoms with E-state index < -0.39 is 0 Å². The SMILES string of the molecule is CCCN(CCC)CCCC(=O)NCc1cccnc1-n1cncn1. The lowest BCUT2D eigenvalue weighted by atomic mass is 10.2. The summed E-state index contributed by atoms with van der Waals surface area (Å²) in [5.74, 6) is 0.763. The molecule has 2 aromatic rings. The number of hydrogen-bond acceptors (Lipinski definition) is 5. The standard InChI is InChI=1S/C18H28N6O/c1-3-10-23(11-4-2)12-6-8-17(25)21-13-16-7-5-9-20-18(16)24-15-19-14-22-24/h5,7,9,14-15H,3-4,6,8,10-13H2,1-2H3,(H,21,25). The van der Waals surface area contributed by atoms with Gasteiger partial charge >= 0.3 is 0 Å². The van der Waals surface area contributed by atoms with Crippen LogP contribution in [-0.4, -0.2) is 50.2 Å². The van der Waals surface area contributed by atoms with Gasteiger partial charge in [0.05, 0.1) is 0 Å². The minimum atomic E-state index is 0.0707. The normalized spacial score (nSPS) is 11.0. The Labute approximate surface area is 149 Å². The quantitative estimate of drug-likeness (QED) is 0.676. The molecule has 25 heavy (non-hydrogen) atoms. The second kappa shape index (κ2) is 10.6. The molecular weight excluding hydrogens is 316 g/mol. The summed E-state index contributed by atoms with van der Waals surface area (Å²) in [4.78, 5) is 22.8. The van der Waals surface area contributed by atoms with Gasteiger partial charge in [-0.2, -0.15) is 5.10 Å². The Hall–Kier alpha value is -2.28. The number of amides is 1. The number of nitrogens with zero attached hydrogens (tertiary/aromatic N) is 5. The molecule has 0 aliphatic carbocycles. The molecule has 1 N–H and O–H groups in total. The van der Waals surface area contributed by atoms with Gasteiger partial charge in [-0.05, 0) is 45.0 Å². The van der Waals surface area contributed by atoms with Crippen LogP contribution in [0.15, 0.2) is 31.0 Å². The highest BCUT2D eigenvalue weighted by atomic mass is 16.1. The Morgan fingerprint density at radius 2 is 2.04 bits per heavy atom. The maximum absolute atomic E-state index is 12.1. The Morgan fingerprint density at radius 3 is 2.72 bits per heavy atom. The molecule has 0 aromatic carbocycles. The summed E-state index contributed by atoms with van der Waals surface area (Å²) in [6.07, 6.45) is 8.51. The molecule has 0 saturated heterocycles. The number of carbonyl (C=O) groups excluding carboxylic acids is 1. The first-order valence-corrected chi connectivity index (χ1v) is 9.02. The van der Waals surface area contributed by atoms with E-state index in [1.165, 1.54) is 6.33 Å². The first-order chi connectivity index (χ1) is 12.2. The Kier molecular flexibility index (Phi) is 8.04. The molecule has 2 rings (SSSR count). The van der Waals surface area contributed by atoms with E-state index in [9.17, 15) is 4.79 Å². The van der Waals surface area contributed by atoms with Gasteiger partial charge in [0.1, 0.15) is 12.7 Å². The summed E-state index contributed by atoms with van der Waals surface area (Å²) in [6.45, 7) is 8.01. The lowest BCUT2D eigenvalue weighted by Crippen LogP contribution is -2.29. The summed E-state index contributed by atoms with van der Waals surface area (Å²) in [6, 6.07) is 3.80. The lowest BCUT2D eigenvalue weighted by molar-refractivity contribution is -0.121. The zero-order chi connectivity index (χ0) is 17.9. The van der Waals surface area contributed by atoms with Crippen LogP contribution < -0.4 is 5.32 Å². The molecule has 0 radical (unpaired) electrons. The summed E-state index contributed by atoms with van der Waals surface area (Å²) in [5, 5.41) is 7.08. The van der Waals surface area contributed by atoms with Crippen molar-refractivity contribution in [3.63, 3.8) is 0 Å². The fourth-order valence-corrected chi connectivity index (χ4v) is 2.81. The predicted octanol–water partition coefficient (Wildman–Crippen LogP) is 2.18. The molecule has 0 aliphatic rings. The third-order valence-electron chi connectivity index (χ3n) is 3.94. The second-order valence-corrected chi connectivity index (χ2v) is 6.05. The van der Waals surface area contributed by atoms with Gasteiger partial charge in [-0.3, -0.25) is 4.79 Å². The number of aromatic nitrogens is 4. The van der Waals surface area contributed by atoms with Crippen molar-refractivity contribution < 1.29 is 4.79 Å². The maximum Gasteiger partial charge on any atom is 0.220 e. The summed E-state index contributed by atoms with van der Waals surface area (Å²) >= 11 is 0. The van der Waals surface area contributed by atoms with Gasteiger partial charge in [0, 0.05) is 24.7 Å². The minimum Gasteiger partial charge on any atom is -0.352 e. The van der Waals surface area contributed by atoms with Crippen molar-refractivity contribution in [2.45, 2.75) is 46.1 Å². The largest absolute Gasteiger partial charge is 0.352 e. The molecule has 136 valence electrons. The number of carbonyl (C=O) groups is 1. The fraction of sp³-hybridized carbons (Fsp3) is 0.556. The van der Waals surface area contributed by atoms with E-state index >= 15 is 0 Å². The van der Waals surface area contributed by atoms with Crippen LogP contribution in [0.3, 0.4) is 0 Å². The van der Waals surface area contributed by atoms with Gasteiger partial charge in [0.15, 0.2) is 5.82 Å². The first-order valence-electron chi connectivity index (χ1n) is 9.02. The molecule has 7 nitrogen and oxygen atoms in total. The van der Waals surface area contributed by atoms with Gasteiger partial charge in [-0.1, -0.05) is 19.9 Å². The zero-order valence-electron chi connectivity index (χ0n) is 15.2. The number of pyridine rings is 1. The second-order valence-electron chi connectivity index (χ2n) is 6.05. The number of nitrogens with one attached hydrogen (secondary N) is 1. The van der Waals surface area contributed by atoms with Crippen molar-refractivity contribution in [2.75, 3.05) is 19.6 Å². The van der Waals surface area contributed by atoms with E-state index in [1.54, 1.807) is 17.2 Å². The molecule has 1 amide bonds. The van der Waals surface area contributed by atoms with Crippen LogP contribution in [0.1, 0.15) is 45.1 Å². The maximum atomic E-state index is 12.1. The fourth-order valence-electron chi connectivity index (χ4n) is 2.81. The van der Waals surface area contributed by atoms with E-state index in [1.807, 2.05) is 12.1 Å². The zero-order valence-corrected chi connectivity index (χ0v) is 15.2. The molecule has 0 bridgehead atoms. The van der Waals surface area contributed by atoms with Gasteiger partial charge < -0.3 is 10.2 Å². The van der Waals surface area contributed by atoms with Gasteiger partial charge in [-0.15, -0.1) is 0 Å². The Bertz CT molecular complexity index is 622. The van der Waals surface area contributed by atoms with Crippen LogP contribution in [0, 0.1) is 0 Å². The average Bonchev–Trinajstić information content (AvgIpc) is 3.15. The highest BCUT2D eigenvalue weighted by molar-refractivity contribution is 5.75. The molecular formula is C18H28N6O. The molecule has 7 heteroatoms. The molecule has 2 heterocycles. The third-order valence-corrected chi connectivity index (χ3v) is 3.94. The monoisotopic (exact) mass is 344 g/mol. The molecule has 0 atom stereocenters. The van der Waals surface area contributed by atoms with Gasteiger partial charge in [0.2, 0.25) is 5.91 Å². The van der Waals surface area contributed by atoms with Crippen molar-refractivity contribution in [1.29, 1.82) is 0 Å². The van der Waals surface area contributed by atoms with Crippen LogP contribution >= 0.6 is 0 Å². The van der Waals surface area contributed by atoms with Crippen molar-refractivity contribution >= 4 is 5.91 Å². The molecule has 2 aromatic heterocycles. The molecule has 0 spiro atoms. The lowest BCUT2D eigenvalue weighted by Gasteiger charge is -2.20. The topological polar surface area (TPSA) is 75.9 Å². The highest BCUT2D eigenvalue weighted by Crippen LogP contribution is 2.09. The summed E-state index contributed by atoms with van der Waals surface area (Å²) in [7, 11) is 0. The first kappa shape index (κ1) is 19.1. The Balaban J connectivity index is 1.79. The van der Waals surface area contributed by atoms with E-state index in [-0.39, 0.29) is 5.91 Å². The van der Waals surface area contributed by atoms with E-state index in [2.05, 4.69) is 39.1 Å². The molecule has 0 saturated carbocycles. The summed E-state index contributed by atoms with van der Waals surface area (Å²) in [5.41, 5.74) is 0.917. The van der Waals surface area contributed by atoms with Crippen LogP contribution in [0.2, 0.25) is 0 Å². The molecule has 0 fully saturated rings. The number of rotatable bonds is 11. The van der Waals surface area contributed by atoms with Crippen LogP contribution in [0.25, 0.3) is 5.82 Å². The Morgan fingerprint density at radius 1 is 1.24 bits per heavy atom. The minimum absolute atomic E-state index is 0.0707. The molecule has 0 aliphatic heterocycles. The molecule has 0 unspecified atom stereocenters. The van der Waals surface area contributed by atoms with E-state index in [0.29, 0.717) is 18.8 Å². The van der Waals surface area contributed by atoms with Crippen molar-refractivity contribution in [2.24, 2.45) is 0 Å². The van der Waals surface area contributed by atoms with E-state index in [0.717, 1.165) is 44.5 Å². The van der Waals surface area contributed by atoms with Crippen molar-refractivity contribution in [3.8, 4) is 5.82 Å². The van der Waals surface area contributed by atoms with Crippen LogP contribution in [0.5, 0.6) is 0 Å². The summed E-state index contributed by atoms with van der Waals surface area (Å²) < 4.78 is 1.61. The van der Waals surface area contributed by atoms with Gasteiger partial charge in [-0.25, -0.2) is 14.6 Å². The third kappa shape index (κ3) is 6.26. The van der Waals surface area contributed by atoms with Crippen molar-refractivity contribution in [3.05, 3.63) is 36.5 Å². The van der Waals surface area contributed by atoms with Crippen molar-refractivity contribution in [1.82, 2.24) is 30.0 Å². The smallest absolute Gasteiger partial charge is 0.220 e. The number of hydrogen-bond donors (Lipinski definition) is 1. The van der Waals surface area contributed by atoms with Gasteiger partial charge in [0.25, 0.3) is 0 Å². The van der Waals surface area contributed by atoms with E-state index in [4.69, 9.17) is 0 Å². The van der Waals surface area contributed by atoms with Crippen LogP contribution in [-0.2, 0) is 11.3 Å². The van der Waals surface area contributed by atoms with Crippen LogP contribution in [0.4, 0.5) is 0 Å². The average molecular weight is 344 g/mol. The predicted molar refractivity (Wildman–Crippen MR) is 97.3 cm³/mol.